The van der Waals surface area contributed by atoms with Crippen LogP contribution in [0, 0.1) is 5.92 Å². The number of carbonyl (C=O) groups excluding carboxylic acids is 2. The number of hydrogen-bond acceptors (Lipinski definition) is 6. The van der Waals surface area contributed by atoms with Gasteiger partial charge in [-0.1, -0.05) is 43.6 Å². The summed E-state index contributed by atoms with van der Waals surface area (Å²) in [5.41, 5.74) is 3.19. The number of carbonyl (C=O) groups is 2. The minimum atomic E-state index is -0.426. The number of rotatable bonds is 7. The predicted octanol–water partition coefficient (Wildman–Crippen LogP) is 6.55. The zero-order valence-electron chi connectivity index (χ0n) is 22.1. The van der Waals surface area contributed by atoms with E-state index < -0.39 is 12.0 Å². The number of nitrogens with zero attached hydrogens (tertiary/aromatic N) is 2. The first-order chi connectivity index (χ1) is 19.3. The van der Waals surface area contributed by atoms with Crippen molar-refractivity contribution in [2.45, 2.75) is 25.9 Å². The van der Waals surface area contributed by atoms with Gasteiger partial charge in [0.25, 0.3) is 0 Å². The molecule has 0 radical (unpaired) electrons. The Kier molecular flexibility index (Phi) is 7.86. The number of aromatic nitrogens is 1. The van der Waals surface area contributed by atoms with Gasteiger partial charge >= 0.3 is 5.97 Å². The molecule has 1 amide bonds. The molecular weight excluding hydrogens is 548 g/mol. The van der Waals surface area contributed by atoms with Crippen LogP contribution >= 0.6 is 23.8 Å². The topological polar surface area (TPSA) is 96.7 Å². The maximum atomic E-state index is 12.2. The van der Waals surface area contributed by atoms with E-state index in [1.807, 2.05) is 61.2 Å². The van der Waals surface area contributed by atoms with Crippen molar-refractivity contribution >= 4 is 52.2 Å². The smallest absolute Gasteiger partial charge is 0.337 e. The van der Waals surface area contributed by atoms with Gasteiger partial charge in [-0.3, -0.25) is 9.78 Å². The molecule has 8 nitrogen and oxygen atoms in total. The van der Waals surface area contributed by atoms with E-state index in [4.69, 9.17) is 33.0 Å². The standard InChI is InChI=1S/C30H27ClN4O4S/c1-17(2)28(36)33-22-11-10-20(16-21(22)31)35-27(26(34-30(35)40)23-9-4-5-14-32-23)25-13-12-24(39-25)18-7-6-8-19(15-18)29(37)38-3/h4-17,26-27H,1-3H3,(H,33,36)(H,34,40)/t26-,27+/m0/s1. The minimum Gasteiger partial charge on any atom is -0.465 e. The van der Waals surface area contributed by atoms with Gasteiger partial charge in [0.2, 0.25) is 5.91 Å². The Labute approximate surface area is 242 Å². The van der Waals surface area contributed by atoms with Gasteiger partial charge in [0.1, 0.15) is 17.6 Å². The van der Waals surface area contributed by atoms with Crippen LogP contribution in [0.3, 0.4) is 0 Å². The average Bonchev–Trinajstić information content (AvgIpc) is 3.59. The number of amides is 1. The predicted molar refractivity (Wildman–Crippen MR) is 158 cm³/mol. The van der Waals surface area contributed by atoms with Gasteiger partial charge in [-0.05, 0) is 66.8 Å². The highest BCUT2D eigenvalue weighted by atomic mass is 35.5. The highest BCUT2D eigenvalue weighted by Gasteiger charge is 2.42. The first-order valence-corrected chi connectivity index (χ1v) is 13.4. The lowest BCUT2D eigenvalue weighted by Gasteiger charge is -2.26. The molecule has 1 aliphatic rings. The van der Waals surface area contributed by atoms with Crippen LogP contribution in [0.5, 0.6) is 0 Å². The summed E-state index contributed by atoms with van der Waals surface area (Å²) in [4.78, 5) is 30.8. The molecule has 10 heteroatoms. The fraction of sp³-hybridized carbons (Fsp3) is 0.200. The van der Waals surface area contributed by atoms with Crippen molar-refractivity contribution in [3.63, 3.8) is 0 Å². The SMILES string of the molecule is COC(=O)c1cccc(-c2ccc([C@@H]3[C@H](c4ccccn4)NC(=S)N3c3ccc(NC(=O)C(C)C)c(Cl)c3)o2)c1. The Morgan fingerprint density at radius 3 is 2.62 bits per heavy atom. The molecule has 0 spiro atoms. The molecule has 2 aromatic heterocycles. The van der Waals surface area contributed by atoms with E-state index in [9.17, 15) is 9.59 Å². The summed E-state index contributed by atoms with van der Waals surface area (Å²) in [7, 11) is 1.35. The molecule has 3 heterocycles. The lowest BCUT2D eigenvalue weighted by Crippen LogP contribution is -2.29. The van der Waals surface area contributed by atoms with Crippen LogP contribution in [-0.2, 0) is 9.53 Å². The quantitative estimate of drug-likeness (QED) is 0.189. The number of methoxy groups -OCH3 is 1. The number of nitrogens with one attached hydrogen (secondary N) is 2. The number of halogens is 1. The molecule has 0 bridgehead atoms. The van der Waals surface area contributed by atoms with E-state index in [0.29, 0.717) is 32.9 Å². The van der Waals surface area contributed by atoms with Gasteiger partial charge in [0.15, 0.2) is 5.11 Å². The summed E-state index contributed by atoms with van der Waals surface area (Å²) in [6, 6.07) is 21.2. The number of hydrogen-bond donors (Lipinski definition) is 2. The maximum Gasteiger partial charge on any atom is 0.337 e. The second kappa shape index (κ2) is 11.5. The van der Waals surface area contributed by atoms with Crippen molar-refractivity contribution in [3.05, 3.63) is 101 Å². The fourth-order valence-electron chi connectivity index (χ4n) is 4.54. The van der Waals surface area contributed by atoms with Crippen LogP contribution in [0.15, 0.2) is 83.4 Å². The third-order valence-electron chi connectivity index (χ3n) is 6.60. The summed E-state index contributed by atoms with van der Waals surface area (Å²) >= 11 is 12.4. The van der Waals surface area contributed by atoms with Crippen LogP contribution in [0.25, 0.3) is 11.3 Å². The van der Waals surface area contributed by atoms with Crippen molar-refractivity contribution in [2.24, 2.45) is 5.92 Å². The van der Waals surface area contributed by atoms with Gasteiger partial charge in [0, 0.05) is 23.4 Å². The van der Waals surface area contributed by atoms with Gasteiger partial charge in [-0.15, -0.1) is 0 Å². The fourth-order valence-corrected chi connectivity index (χ4v) is 5.11. The molecule has 5 rings (SSSR count). The number of ether oxygens (including phenoxy) is 1. The van der Waals surface area contributed by atoms with Gasteiger partial charge in [0.05, 0.1) is 35.1 Å². The van der Waals surface area contributed by atoms with Crippen LogP contribution in [0.4, 0.5) is 11.4 Å². The van der Waals surface area contributed by atoms with E-state index in [1.54, 1.807) is 36.5 Å². The van der Waals surface area contributed by atoms with Crippen molar-refractivity contribution in [2.75, 3.05) is 17.3 Å². The molecule has 1 fully saturated rings. The zero-order valence-corrected chi connectivity index (χ0v) is 23.6. The second-order valence-electron chi connectivity index (χ2n) is 9.58. The molecule has 2 atom stereocenters. The third-order valence-corrected chi connectivity index (χ3v) is 7.22. The average molecular weight is 575 g/mol. The molecule has 40 heavy (non-hydrogen) atoms. The molecule has 2 N–H and O–H groups in total. The lowest BCUT2D eigenvalue weighted by molar-refractivity contribution is -0.118. The van der Waals surface area contributed by atoms with Crippen molar-refractivity contribution in [1.29, 1.82) is 0 Å². The monoisotopic (exact) mass is 574 g/mol. The molecule has 0 unspecified atom stereocenters. The number of anilines is 2. The van der Waals surface area contributed by atoms with Crippen LogP contribution in [0.1, 0.15) is 47.7 Å². The summed E-state index contributed by atoms with van der Waals surface area (Å²) < 4.78 is 11.3. The van der Waals surface area contributed by atoms with Gasteiger partial charge in [-0.25, -0.2) is 4.79 Å². The van der Waals surface area contributed by atoms with Crippen molar-refractivity contribution < 1.29 is 18.7 Å². The summed E-state index contributed by atoms with van der Waals surface area (Å²) in [6.07, 6.45) is 1.73. The number of thiocarbonyl (C=S) groups is 1. The van der Waals surface area contributed by atoms with Crippen LogP contribution < -0.4 is 15.5 Å². The van der Waals surface area contributed by atoms with E-state index in [1.165, 1.54) is 7.11 Å². The molecule has 2 aromatic carbocycles. The number of esters is 1. The normalized spacial score (nSPS) is 16.6. The largest absolute Gasteiger partial charge is 0.465 e. The molecule has 0 aliphatic carbocycles. The van der Waals surface area contributed by atoms with Gasteiger partial charge in [-0.2, -0.15) is 0 Å². The number of furan rings is 1. The molecule has 204 valence electrons. The van der Waals surface area contributed by atoms with E-state index >= 15 is 0 Å². The van der Waals surface area contributed by atoms with E-state index in [2.05, 4.69) is 15.6 Å². The highest BCUT2D eigenvalue weighted by molar-refractivity contribution is 7.80. The molecule has 4 aromatic rings. The van der Waals surface area contributed by atoms with Crippen LogP contribution in [0.2, 0.25) is 5.02 Å². The maximum absolute atomic E-state index is 12.2. The molecule has 1 aliphatic heterocycles. The minimum absolute atomic E-state index is 0.125. The van der Waals surface area contributed by atoms with Gasteiger partial charge < -0.3 is 24.7 Å². The Hall–Kier alpha value is -4.21. The summed E-state index contributed by atoms with van der Waals surface area (Å²) in [6.45, 7) is 3.63. The van der Waals surface area contributed by atoms with E-state index in [0.717, 1.165) is 16.9 Å². The Morgan fingerprint density at radius 2 is 1.93 bits per heavy atom. The highest BCUT2D eigenvalue weighted by Crippen LogP contribution is 2.44. The Balaban J connectivity index is 1.54. The summed E-state index contributed by atoms with van der Waals surface area (Å²) in [5, 5.41) is 7.10. The Morgan fingerprint density at radius 1 is 1.10 bits per heavy atom. The first kappa shape index (κ1) is 27.4. The second-order valence-corrected chi connectivity index (χ2v) is 10.4. The molecule has 1 saturated heterocycles. The Bertz CT molecular complexity index is 1570. The number of benzene rings is 2. The zero-order chi connectivity index (χ0) is 28.4. The number of pyridine rings is 1. The third kappa shape index (κ3) is 5.43. The lowest BCUT2D eigenvalue weighted by atomic mass is 10.0. The van der Waals surface area contributed by atoms with Crippen LogP contribution in [-0.4, -0.2) is 29.1 Å². The van der Waals surface area contributed by atoms with Crippen molar-refractivity contribution in [1.82, 2.24) is 10.3 Å². The molecular formula is C30H27ClN4O4S. The van der Waals surface area contributed by atoms with E-state index in [-0.39, 0.29) is 17.9 Å². The summed E-state index contributed by atoms with van der Waals surface area (Å²) in [5.74, 6) is 0.486. The van der Waals surface area contributed by atoms with Crippen molar-refractivity contribution in [3.8, 4) is 11.3 Å². The molecule has 0 saturated carbocycles. The first-order valence-electron chi connectivity index (χ1n) is 12.7.